The molecule has 2 N–H and O–H groups in total. The first-order chi connectivity index (χ1) is 16.1. The standard InChI is InChI=1S/C27H42N2O5/c1-19(7-14-23-16-27(18-32-27)17-26(3,4)34-23)6-9-21-10-12-22(13-11-21)29-24(30)15-8-20(2)33-25(31)28-5/h6-8,14-15,20-23H,9-13,16-18H2,1-5H3,(H,28,31)(H,29,30)/b14-7+,15-8-,19-6+/t20-,21?,22?,23?,27+/m0/s1. The highest BCUT2D eigenvalue weighted by molar-refractivity contribution is 5.87. The van der Waals surface area contributed by atoms with Gasteiger partial charge in [-0.25, -0.2) is 4.79 Å². The van der Waals surface area contributed by atoms with Crippen LogP contribution in [0.25, 0.3) is 0 Å². The molecule has 3 aliphatic rings. The lowest BCUT2D eigenvalue weighted by Gasteiger charge is -2.38. The first kappa shape index (κ1) is 26.5. The highest BCUT2D eigenvalue weighted by Gasteiger charge is 2.53. The van der Waals surface area contributed by atoms with Crippen molar-refractivity contribution in [2.24, 2.45) is 5.92 Å². The molecule has 0 radical (unpaired) electrons. The van der Waals surface area contributed by atoms with E-state index in [1.165, 1.54) is 18.7 Å². The van der Waals surface area contributed by atoms with Crippen molar-refractivity contribution < 1.29 is 23.8 Å². The fourth-order valence-corrected chi connectivity index (χ4v) is 5.10. The number of ether oxygens (including phenoxy) is 3. The molecule has 0 aromatic carbocycles. The zero-order valence-electron chi connectivity index (χ0n) is 21.4. The van der Waals surface area contributed by atoms with Crippen LogP contribution in [-0.2, 0) is 19.0 Å². The minimum absolute atomic E-state index is 0.0514. The van der Waals surface area contributed by atoms with E-state index in [1.807, 2.05) is 0 Å². The molecule has 2 heterocycles. The monoisotopic (exact) mass is 474 g/mol. The largest absolute Gasteiger partial charge is 0.442 e. The minimum atomic E-state index is -0.511. The first-order valence-corrected chi connectivity index (χ1v) is 12.6. The zero-order valence-corrected chi connectivity index (χ0v) is 21.4. The van der Waals surface area contributed by atoms with E-state index in [9.17, 15) is 9.59 Å². The van der Waals surface area contributed by atoms with Gasteiger partial charge in [0.05, 0.1) is 23.9 Å². The van der Waals surface area contributed by atoms with Gasteiger partial charge in [-0.1, -0.05) is 23.8 Å². The first-order valence-electron chi connectivity index (χ1n) is 12.6. The summed E-state index contributed by atoms with van der Waals surface area (Å²) in [4.78, 5) is 23.3. The lowest BCUT2D eigenvalue weighted by Crippen LogP contribution is -2.43. The third-order valence-corrected chi connectivity index (χ3v) is 6.90. The van der Waals surface area contributed by atoms with Gasteiger partial charge in [-0.15, -0.1) is 0 Å². The molecule has 1 saturated carbocycles. The van der Waals surface area contributed by atoms with Gasteiger partial charge in [-0.05, 0) is 71.8 Å². The molecule has 34 heavy (non-hydrogen) atoms. The molecule has 3 fully saturated rings. The Hall–Kier alpha value is -2.12. The maximum Gasteiger partial charge on any atom is 0.407 e. The average molecular weight is 475 g/mol. The summed E-state index contributed by atoms with van der Waals surface area (Å²) in [5, 5.41) is 5.46. The number of carbonyl (C=O) groups is 2. The molecule has 0 aromatic heterocycles. The Morgan fingerprint density at radius 1 is 1.18 bits per heavy atom. The smallest absolute Gasteiger partial charge is 0.407 e. The van der Waals surface area contributed by atoms with Crippen molar-refractivity contribution in [3.8, 4) is 0 Å². The molecule has 2 amide bonds. The molecule has 1 aliphatic carbocycles. The van der Waals surface area contributed by atoms with E-state index in [0.717, 1.165) is 51.6 Å². The number of hydrogen-bond acceptors (Lipinski definition) is 5. The van der Waals surface area contributed by atoms with Crippen LogP contribution in [0.5, 0.6) is 0 Å². The predicted molar refractivity (Wildman–Crippen MR) is 132 cm³/mol. The molecule has 1 spiro atoms. The van der Waals surface area contributed by atoms with Gasteiger partial charge in [0.25, 0.3) is 0 Å². The van der Waals surface area contributed by atoms with Crippen LogP contribution in [0.1, 0.15) is 72.6 Å². The van der Waals surface area contributed by atoms with Gasteiger partial charge in [0.15, 0.2) is 0 Å². The third-order valence-electron chi connectivity index (χ3n) is 6.90. The van der Waals surface area contributed by atoms with Crippen LogP contribution in [0.3, 0.4) is 0 Å². The molecule has 2 aliphatic heterocycles. The second kappa shape index (κ2) is 11.5. The van der Waals surface area contributed by atoms with Gasteiger partial charge < -0.3 is 24.8 Å². The lowest BCUT2D eigenvalue weighted by atomic mass is 9.83. The van der Waals surface area contributed by atoms with Crippen molar-refractivity contribution in [2.75, 3.05) is 13.7 Å². The number of alkyl carbamates (subject to hydrolysis) is 1. The summed E-state index contributed by atoms with van der Waals surface area (Å²) in [6, 6.07) is 0.206. The van der Waals surface area contributed by atoms with E-state index in [0.29, 0.717) is 5.92 Å². The molecule has 3 atom stereocenters. The molecule has 190 valence electrons. The number of allylic oxidation sites excluding steroid dienone is 3. The Balaban J connectivity index is 1.35. The average Bonchev–Trinajstić information content (AvgIpc) is 3.51. The quantitative estimate of drug-likeness (QED) is 0.305. The van der Waals surface area contributed by atoms with Gasteiger partial charge in [-0.3, -0.25) is 4.79 Å². The summed E-state index contributed by atoms with van der Waals surface area (Å²) < 4.78 is 17.0. The summed E-state index contributed by atoms with van der Waals surface area (Å²) in [7, 11) is 1.50. The highest BCUT2D eigenvalue weighted by atomic mass is 16.6. The van der Waals surface area contributed by atoms with Gasteiger partial charge in [-0.2, -0.15) is 0 Å². The topological polar surface area (TPSA) is 89.2 Å². The second-order valence-electron chi connectivity index (χ2n) is 10.8. The fraction of sp³-hybridized carbons (Fsp3) is 0.704. The van der Waals surface area contributed by atoms with E-state index >= 15 is 0 Å². The van der Waals surface area contributed by atoms with Crippen LogP contribution in [0.2, 0.25) is 0 Å². The molecule has 1 unspecified atom stereocenters. The number of nitrogens with one attached hydrogen (secondary N) is 2. The summed E-state index contributed by atoms with van der Waals surface area (Å²) in [6.07, 6.45) is 16.1. The summed E-state index contributed by atoms with van der Waals surface area (Å²) >= 11 is 0. The molecular formula is C27H42N2O5. The van der Waals surface area contributed by atoms with Crippen molar-refractivity contribution in [1.29, 1.82) is 0 Å². The van der Waals surface area contributed by atoms with Crippen LogP contribution in [0.4, 0.5) is 4.79 Å². The van der Waals surface area contributed by atoms with Gasteiger partial charge >= 0.3 is 6.09 Å². The van der Waals surface area contributed by atoms with Gasteiger partial charge in [0.1, 0.15) is 6.10 Å². The second-order valence-corrected chi connectivity index (χ2v) is 10.8. The predicted octanol–water partition coefficient (Wildman–Crippen LogP) is 4.58. The zero-order chi connectivity index (χ0) is 24.8. The van der Waals surface area contributed by atoms with E-state index in [-0.39, 0.29) is 29.3 Å². The summed E-state index contributed by atoms with van der Waals surface area (Å²) in [5.41, 5.74) is 1.19. The van der Waals surface area contributed by atoms with Crippen molar-refractivity contribution in [3.05, 3.63) is 36.0 Å². The van der Waals surface area contributed by atoms with Crippen molar-refractivity contribution in [1.82, 2.24) is 10.6 Å². The molecule has 2 saturated heterocycles. The molecular weight excluding hydrogens is 432 g/mol. The van der Waals surface area contributed by atoms with Crippen LogP contribution >= 0.6 is 0 Å². The highest BCUT2D eigenvalue weighted by Crippen LogP contribution is 2.46. The van der Waals surface area contributed by atoms with Crippen molar-refractivity contribution >= 4 is 12.0 Å². The van der Waals surface area contributed by atoms with Gasteiger partial charge in [0, 0.05) is 32.0 Å². The number of hydrogen-bond donors (Lipinski definition) is 2. The van der Waals surface area contributed by atoms with E-state index < -0.39 is 12.2 Å². The SMILES string of the molecule is CNC(=O)O[C@@H](C)/C=C\C(=O)NC1CCC(C/C=C(C)/C=C/C2C[C@]3(CO3)CC(C)(C)O2)CC1. The van der Waals surface area contributed by atoms with Crippen LogP contribution in [0, 0.1) is 5.92 Å². The van der Waals surface area contributed by atoms with E-state index in [4.69, 9.17) is 14.2 Å². The third kappa shape index (κ3) is 8.58. The van der Waals surface area contributed by atoms with Crippen LogP contribution in [0.15, 0.2) is 36.0 Å². The number of rotatable bonds is 8. The normalized spacial score (nSPS) is 32.0. The Labute approximate surface area is 204 Å². The van der Waals surface area contributed by atoms with Crippen LogP contribution in [-0.4, -0.2) is 55.1 Å². The minimum Gasteiger partial charge on any atom is -0.442 e. The molecule has 3 rings (SSSR count). The van der Waals surface area contributed by atoms with E-state index in [1.54, 1.807) is 13.0 Å². The fourth-order valence-electron chi connectivity index (χ4n) is 5.10. The van der Waals surface area contributed by atoms with Gasteiger partial charge in [0.2, 0.25) is 5.91 Å². The van der Waals surface area contributed by atoms with Crippen molar-refractivity contribution in [3.63, 3.8) is 0 Å². The maximum atomic E-state index is 12.2. The molecule has 0 bridgehead atoms. The number of epoxide rings is 1. The summed E-state index contributed by atoms with van der Waals surface area (Å²) in [5.74, 6) is 0.518. The van der Waals surface area contributed by atoms with Crippen LogP contribution < -0.4 is 10.6 Å². The van der Waals surface area contributed by atoms with Crippen molar-refractivity contribution in [2.45, 2.75) is 102 Å². The number of amides is 2. The lowest BCUT2D eigenvalue weighted by molar-refractivity contribution is -0.117. The molecule has 7 heteroatoms. The Bertz CT molecular complexity index is 798. The molecule has 0 aromatic rings. The molecule has 7 nitrogen and oxygen atoms in total. The van der Waals surface area contributed by atoms with E-state index in [2.05, 4.69) is 49.6 Å². The Morgan fingerprint density at radius 2 is 1.88 bits per heavy atom. The number of carbonyl (C=O) groups excluding carboxylic acids is 2. The maximum absolute atomic E-state index is 12.2. The Kier molecular flexibility index (Phi) is 8.99. The Morgan fingerprint density at radius 3 is 2.53 bits per heavy atom. The summed E-state index contributed by atoms with van der Waals surface area (Å²) in [6.45, 7) is 9.04.